The molecule has 1 heterocycles. The standard InChI is InChI=1S/C14H22O4/c1-11-7-5-3-4-6-8-13(18-12(2)15)9-10-14(16)17-11/h9-11,13H,3-8H2,1-2H3/b10-9+/t11?,13-/m0/s1. The molecule has 1 unspecified atom stereocenters. The highest BCUT2D eigenvalue weighted by molar-refractivity contribution is 5.82. The van der Waals surface area contributed by atoms with Crippen molar-refractivity contribution >= 4 is 11.9 Å². The Morgan fingerprint density at radius 3 is 2.61 bits per heavy atom. The normalized spacial score (nSPS) is 28.4. The largest absolute Gasteiger partial charge is 0.460 e. The van der Waals surface area contributed by atoms with Gasteiger partial charge in [0, 0.05) is 13.0 Å². The van der Waals surface area contributed by atoms with Crippen LogP contribution < -0.4 is 0 Å². The van der Waals surface area contributed by atoms with Gasteiger partial charge in [0.25, 0.3) is 0 Å². The topological polar surface area (TPSA) is 52.6 Å². The minimum Gasteiger partial charge on any atom is -0.460 e. The zero-order valence-electron chi connectivity index (χ0n) is 11.2. The highest BCUT2D eigenvalue weighted by atomic mass is 16.5. The fourth-order valence-corrected chi connectivity index (χ4v) is 2.02. The summed E-state index contributed by atoms with van der Waals surface area (Å²) >= 11 is 0. The summed E-state index contributed by atoms with van der Waals surface area (Å²) < 4.78 is 10.3. The van der Waals surface area contributed by atoms with Crippen LogP contribution in [0.2, 0.25) is 0 Å². The molecule has 0 fully saturated rings. The molecule has 0 aromatic heterocycles. The summed E-state index contributed by atoms with van der Waals surface area (Å²) in [5.41, 5.74) is 0. The van der Waals surface area contributed by atoms with Gasteiger partial charge in [0.05, 0.1) is 6.10 Å². The fourth-order valence-electron chi connectivity index (χ4n) is 2.02. The molecule has 0 spiro atoms. The second kappa shape index (κ2) is 7.90. The van der Waals surface area contributed by atoms with Gasteiger partial charge >= 0.3 is 11.9 Å². The van der Waals surface area contributed by atoms with Crippen molar-refractivity contribution in [1.29, 1.82) is 0 Å². The number of hydrogen-bond acceptors (Lipinski definition) is 4. The molecular formula is C14H22O4. The van der Waals surface area contributed by atoms with E-state index < -0.39 is 0 Å². The molecule has 4 heteroatoms. The van der Waals surface area contributed by atoms with Gasteiger partial charge in [-0.1, -0.05) is 12.8 Å². The van der Waals surface area contributed by atoms with Crippen molar-refractivity contribution in [1.82, 2.24) is 0 Å². The summed E-state index contributed by atoms with van der Waals surface area (Å²) in [5.74, 6) is -0.682. The number of ether oxygens (including phenoxy) is 2. The first-order valence-electron chi connectivity index (χ1n) is 6.64. The Bertz CT molecular complexity index is 309. The number of rotatable bonds is 1. The van der Waals surface area contributed by atoms with Crippen molar-refractivity contribution in [2.24, 2.45) is 0 Å². The molecule has 0 aromatic carbocycles. The third kappa shape index (κ3) is 6.42. The molecule has 4 nitrogen and oxygen atoms in total. The van der Waals surface area contributed by atoms with E-state index in [2.05, 4.69) is 0 Å². The van der Waals surface area contributed by atoms with Gasteiger partial charge in [-0.05, 0) is 38.7 Å². The molecule has 18 heavy (non-hydrogen) atoms. The summed E-state index contributed by atoms with van der Waals surface area (Å²) in [5, 5.41) is 0. The van der Waals surface area contributed by atoms with E-state index in [4.69, 9.17) is 9.47 Å². The van der Waals surface area contributed by atoms with Crippen molar-refractivity contribution in [2.75, 3.05) is 0 Å². The number of esters is 2. The van der Waals surface area contributed by atoms with Crippen molar-refractivity contribution < 1.29 is 19.1 Å². The van der Waals surface area contributed by atoms with Crippen LogP contribution in [0.5, 0.6) is 0 Å². The van der Waals surface area contributed by atoms with Gasteiger partial charge in [-0.25, -0.2) is 4.79 Å². The molecule has 0 amide bonds. The van der Waals surface area contributed by atoms with Crippen molar-refractivity contribution in [2.45, 2.75) is 64.6 Å². The van der Waals surface area contributed by atoms with Crippen LogP contribution in [0.4, 0.5) is 0 Å². The van der Waals surface area contributed by atoms with E-state index in [0.717, 1.165) is 38.5 Å². The maximum atomic E-state index is 11.5. The van der Waals surface area contributed by atoms with Gasteiger partial charge in [0.15, 0.2) is 0 Å². The van der Waals surface area contributed by atoms with Gasteiger partial charge in [-0.15, -0.1) is 0 Å². The number of cyclic esters (lactones) is 1. The lowest BCUT2D eigenvalue weighted by Crippen LogP contribution is -2.17. The monoisotopic (exact) mass is 254 g/mol. The highest BCUT2D eigenvalue weighted by Crippen LogP contribution is 2.14. The van der Waals surface area contributed by atoms with Crippen LogP contribution in [-0.4, -0.2) is 24.1 Å². The first kappa shape index (κ1) is 14.7. The van der Waals surface area contributed by atoms with E-state index in [-0.39, 0.29) is 24.1 Å². The molecule has 0 saturated carbocycles. The highest BCUT2D eigenvalue weighted by Gasteiger charge is 2.12. The first-order valence-corrected chi connectivity index (χ1v) is 6.64. The second-order valence-electron chi connectivity index (χ2n) is 4.75. The first-order chi connectivity index (χ1) is 8.58. The summed E-state index contributed by atoms with van der Waals surface area (Å²) in [6.07, 6.45) is 8.61. The number of carbonyl (C=O) groups is 2. The molecule has 1 aliphatic rings. The van der Waals surface area contributed by atoms with Gasteiger partial charge < -0.3 is 9.47 Å². The van der Waals surface area contributed by atoms with Crippen LogP contribution in [0, 0.1) is 0 Å². The van der Waals surface area contributed by atoms with Crippen molar-refractivity contribution in [3.8, 4) is 0 Å². The zero-order chi connectivity index (χ0) is 13.4. The molecule has 0 bridgehead atoms. The van der Waals surface area contributed by atoms with Gasteiger partial charge in [-0.3, -0.25) is 4.79 Å². The maximum absolute atomic E-state index is 11.5. The molecule has 0 aromatic rings. The lowest BCUT2D eigenvalue weighted by molar-refractivity contribution is -0.145. The molecule has 0 saturated heterocycles. The average molecular weight is 254 g/mol. The molecule has 2 atom stereocenters. The fraction of sp³-hybridized carbons (Fsp3) is 0.714. The van der Waals surface area contributed by atoms with Crippen LogP contribution in [0.15, 0.2) is 12.2 Å². The average Bonchev–Trinajstić information content (AvgIpc) is 2.28. The molecule has 102 valence electrons. The Labute approximate surface area is 108 Å². The molecule has 0 radical (unpaired) electrons. The maximum Gasteiger partial charge on any atom is 0.330 e. The van der Waals surface area contributed by atoms with E-state index in [1.165, 1.54) is 13.0 Å². The smallest absolute Gasteiger partial charge is 0.330 e. The molecule has 1 aliphatic heterocycles. The predicted molar refractivity (Wildman–Crippen MR) is 68.0 cm³/mol. The van der Waals surface area contributed by atoms with E-state index in [0.29, 0.717) is 0 Å². The summed E-state index contributed by atoms with van der Waals surface area (Å²) in [7, 11) is 0. The molecule has 1 rings (SSSR count). The second-order valence-corrected chi connectivity index (χ2v) is 4.75. The van der Waals surface area contributed by atoms with Crippen LogP contribution in [0.3, 0.4) is 0 Å². The Morgan fingerprint density at radius 2 is 1.94 bits per heavy atom. The van der Waals surface area contributed by atoms with E-state index in [1.807, 2.05) is 6.92 Å². The van der Waals surface area contributed by atoms with Crippen molar-refractivity contribution in [3.05, 3.63) is 12.2 Å². The predicted octanol–water partition coefficient (Wildman–Crippen LogP) is 2.76. The molecule has 0 N–H and O–H groups in total. The summed E-state index contributed by atoms with van der Waals surface area (Å²) in [6.45, 7) is 3.28. The van der Waals surface area contributed by atoms with Gasteiger partial charge in [0.1, 0.15) is 6.10 Å². The van der Waals surface area contributed by atoms with Crippen LogP contribution in [0.25, 0.3) is 0 Å². The summed E-state index contributed by atoms with van der Waals surface area (Å²) in [4.78, 5) is 22.4. The Hall–Kier alpha value is -1.32. The Morgan fingerprint density at radius 1 is 1.28 bits per heavy atom. The van der Waals surface area contributed by atoms with Crippen LogP contribution >= 0.6 is 0 Å². The lowest BCUT2D eigenvalue weighted by Gasteiger charge is -2.15. The van der Waals surface area contributed by atoms with Gasteiger partial charge in [-0.2, -0.15) is 0 Å². The number of carbonyl (C=O) groups excluding carboxylic acids is 2. The third-order valence-corrected chi connectivity index (χ3v) is 2.93. The minimum atomic E-state index is -0.361. The van der Waals surface area contributed by atoms with Crippen molar-refractivity contribution in [3.63, 3.8) is 0 Å². The third-order valence-electron chi connectivity index (χ3n) is 2.93. The van der Waals surface area contributed by atoms with E-state index >= 15 is 0 Å². The minimum absolute atomic E-state index is 0.0475. The van der Waals surface area contributed by atoms with Crippen LogP contribution in [-0.2, 0) is 19.1 Å². The Kier molecular flexibility index (Phi) is 6.47. The van der Waals surface area contributed by atoms with E-state index in [9.17, 15) is 9.59 Å². The van der Waals surface area contributed by atoms with Gasteiger partial charge in [0.2, 0.25) is 0 Å². The quantitative estimate of drug-likeness (QED) is 0.675. The lowest BCUT2D eigenvalue weighted by atomic mass is 10.1. The van der Waals surface area contributed by atoms with E-state index in [1.54, 1.807) is 6.08 Å². The number of hydrogen-bond donors (Lipinski definition) is 0. The molecule has 0 aliphatic carbocycles. The zero-order valence-corrected chi connectivity index (χ0v) is 11.2. The van der Waals surface area contributed by atoms with Crippen LogP contribution in [0.1, 0.15) is 52.4 Å². The molecular weight excluding hydrogens is 232 g/mol. The summed E-state index contributed by atoms with van der Waals surface area (Å²) in [6, 6.07) is 0. The Balaban J connectivity index is 2.60. The SMILES string of the molecule is CC(=O)O[C@@H]1/C=C/C(=O)OC(C)CCCCCC1.